The molecule has 0 bridgehead atoms. The lowest BCUT2D eigenvalue weighted by atomic mass is 9.97. The van der Waals surface area contributed by atoms with Crippen LogP contribution >= 0.6 is 0 Å². The van der Waals surface area contributed by atoms with Gasteiger partial charge < -0.3 is 15.0 Å². The summed E-state index contributed by atoms with van der Waals surface area (Å²) in [5.41, 5.74) is 0.652. The van der Waals surface area contributed by atoms with Crippen molar-refractivity contribution in [2.75, 3.05) is 23.3 Å². The van der Waals surface area contributed by atoms with E-state index in [0.717, 1.165) is 31.0 Å². The van der Waals surface area contributed by atoms with Gasteiger partial charge in [0.15, 0.2) is 11.6 Å². The highest BCUT2D eigenvalue weighted by Crippen LogP contribution is 2.30. The maximum Gasteiger partial charge on any atom is 0.229 e. The summed E-state index contributed by atoms with van der Waals surface area (Å²) in [6.45, 7) is 1.40. The molecule has 2 aromatic heterocycles. The van der Waals surface area contributed by atoms with Crippen molar-refractivity contribution in [2.45, 2.75) is 12.8 Å². The predicted molar refractivity (Wildman–Crippen MR) is 123 cm³/mol. The summed E-state index contributed by atoms with van der Waals surface area (Å²) in [5.74, 6) is 2.52. The number of benzene rings is 2. The maximum absolute atomic E-state index is 13.2. The predicted octanol–water partition coefficient (Wildman–Crippen LogP) is 3.70. The number of aromatic nitrogens is 5. The molecule has 9 nitrogen and oxygen atoms in total. The number of amides is 1. The van der Waals surface area contributed by atoms with E-state index in [-0.39, 0.29) is 11.8 Å². The molecule has 1 amide bonds. The van der Waals surface area contributed by atoms with Gasteiger partial charge in [0, 0.05) is 19.2 Å². The van der Waals surface area contributed by atoms with Crippen LogP contribution in [0.5, 0.6) is 11.5 Å². The van der Waals surface area contributed by atoms with Crippen molar-refractivity contribution in [3.63, 3.8) is 0 Å². The minimum Gasteiger partial charge on any atom is -0.455 e. The first kappa shape index (κ1) is 20.6. The summed E-state index contributed by atoms with van der Waals surface area (Å²) >= 11 is 0. The zero-order valence-electron chi connectivity index (χ0n) is 17.9. The van der Waals surface area contributed by atoms with Gasteiger partial charge >= 0.3 is 0 Å². The smallest absolute Gasteiger partial charge is 0.229 e. The maximum atomic E-state index is 13.2. The van der Waals surface area contributed by atoms with Crippen LogP contribution < -0.4 is 15.0 Å². The molecule has 2 aromatic carbocycles. The molecule has 4 aromatic rings. The zero-order valence-corrected chi connectivity index (χ0v) is 17.9. The van der Waals surface area contributed by atoms with Gasteiger partial charge in [0.2, 0.25) is 5.91 Å². The van der Waals surface area contributed by atoms with Crippen molar-refractivity contribution < 1.29 is 9.53 Å². The van der Waals surface area contributed by atoms with E-state index in [1.165, 1.54) is 12.7 Å². The largest absolute Gasteiger partial charge is 0.455 e. The number of piperidine rings is 1. The molecule has 1 fully saturated rings. The van der Waals surface area contributed by atoms with Gasteiger partial charge in [-0.3, -0.25) is 4.79 Å². The van der Waals surface area contributed by atoms with Crippen molar-refractivity contribution >= 4 is 17.4 Å². The van der Waals surface area contributed by atoms with Crippen LogP contribution in [0.1, 0.15) is 12.8 Å². The van der Waals surface area contributed by atoms with Gasteiger partial charge in [0.05, 0.1) is 11.6 Å². The van der Waals surface area contributed by atoms with Crippen molar-refractivity contribution in [3.05, 3.63) is 79.6 Å². The third-order valence-corrected chi connectivity index (χ3v) is 5.52. The van der Waals surface area contributed by atoms with Gasteiger partial charge in [-0.2, -0.15) is 5.10 Å². The lowest BCUT2D eigenvalue weighted by Crippen LogP contribution is -2.41. The van der Waals surface area contributed by atoms with E-state index in [1.807, 2.05) is 60.7 Å². The molecule has 0 radical (unpaired) electrons. The van der Waals surface area contributed by atoms with Gasteiger partial charge in [-0.25, -0.2) is 19.6 Å². The Labute approximate surface area is 191 Å². The summed E-state index contributed by atoms with van der Waals surface area (Å²) in [6.07, 6.45) is 6.26. The molecule has 33 heavy (non-hydrogen) atoms. The summed E-state index contributed by atoms with van der Waals surface area (Å²) in [6, 6.07) is 18.8. The molecule has 1 atom stereocenters. The zero-order chi connectivity index (χ0) is 22.5. The van der Waals surface area contributed by atoms with E-state index in [0.29, 0.717) is 23.8 Å². The highest BCUT2D eigenvalue weighted by molar-refractivity contribution is 5.94. The number of carbonyl (C=O) groups is 1. The quantitative estimate of drug-likeness (QED) is 0.487. The Balaban J connectivity index is 1.28. The third kappa shape index (κ3) is 4.82. The minimum atomic E-state index is -0.173. The van der Waals surface area contributed by atoms with E-state index in [1.54, 1.807) is 11.0 Å². The Hall–Kier alpha value is -4.27. The van der Waals surface area contributed by atoms with Gasteiger partial charge in [-0.05, 0) is 37.1 Å². The third-order valence-electron chi connectivity index (χ3n) is 5.52. The first-order valence-corrected chi connectivity index (χ1v) is 10.8. The van der Waals surface area contributed by atoms with Crippen LogP contribution in [0, 0.1) is 5.92 Å². The second-order valence-electron chi connectivity index (χ2n) is 7.76. The number of rotatable bonds is 6. The number of hydrogen-bond acceptors (Lipinski definition) is 7. The monoisotopic (exact) mass is 441 g/mol. The van der Waals surface area contributed by atoms with Crippen LogP contribution in [0.3, 0.4) is 0 Å². The molecule has 1 N–H and O–H groups in total. The molecule has 1 saturated heterocycles. The van der Waals surface area contributed by atoms with Gasteiger partial charge in [-0.15, -0.1) is 0 Å². The van der Waals surface area contributed by atoms with E-state index in [4.69, 9.17) is 4.74 Å². The van der Waals surface area contributed by atoms with Crippen molar-refractivity contribution in [1.29, 1.82) is 0 Å². The second-order valence-corrected chi connectivity index (χ2v) is 7.76. The van der Waals surface area contributed by atoms with Crippen LogP contribution in [0.15, 0.2) is 79.6 Å². The molecule has 1 aliphatic rings. The van der Waals surface area contributed by atoms with Crippen LogP contribution in [-0.4, -0.2) is 43.7 Å². The number of nitrogens with one attached hydrogen (secondary N) is 1. The van der Waals surface area contributed by atoms with Crippen molar-refractivity contribution in [1.82, 2.24) is 24.7 Å². The Kier molecular flexibility index (Phi) is 5.92. The highest BCUT2D eigenvalue weighted by atomic mass is 16.5. The lowest BCUT2D eigenvalue weighted by Gasteiger charge is -2.33. The van der Waals surface area contributed by atoms with Crippen LogP contribution in [0.25, 0.3) is 5.82 Å². The molecule has 0 aliphatic carbocycles. The van der Waals surface area contributed by atoms with E-state index in [9.17, 15) is 4.79 Å². The van der Waals surface area contributed by atoms with Gasteiger partial charge in [0.25, 0.3) is 0 Å². The van der Waals surface area contributed by atoms with E-state index in [2.05, 4.69) is 30.3 Å². The Morgan fingerprint density at radius 1 is 1.00 bits per heavy atom. The van der Waals surface area contributed by atoms with Gasteiger partial charge in [0.1, 0.15) is 30.5 Å². The van der Waals surface area contributed by atoms with Crippen molar-refractivity contribution in [3.8, 4) is 17.3 Å². The molecule has 166 valence electrons. The molecule has 5 rings (SSSR count). The molecule has 0 saturated carbocycles. The SMILES string of the molecule is O=C(Nc1ccccc1Oc1ccccc1)C1CCCN(c2cc(-n3cncn3)ncn2)C1. The first-order chi connectivity index (χ1) is 16.3. The molecule has 9 heteroatoms. The Morgan fingerprint density at radius 2 is 1.82 bits per heavy atom. The molecular weight excluding hydrogens is 418 g/mol. The average molecular weight is 441 g/mol. The second kappa shape index (κ2) is 9.47. The van der Waals surface area contributed by atoms with Crippen LogP contribution in [-0.2, 0) is 4.79 Å². The van der Waals surface area contributed by atoms with Crippen molar-refractivity contribution in [2.24, 2.45) is 5.92 Å². The van der Waals surface area contributed by atoms with Crippen LogP contribution in [0.4, 0.5) is 11.5 Å². The topological polar surface area (TPSA) is 98.1 Å². The average Bonchev–Trinajstić information content (AvgIpc) is 3.41. The molecule has 3 heterocycles. The summed E-state index contributed by atoms with van der Waals surface area (Å²) in [5, 5.41) is 7.18. The standard InChI is InChI=1S/C24H23N7O2/c32-24(29-20-10-4-5-11-21(20)33-19-8-2-1-3-9-19)18-7-6-12-30(14-18)22-13-23(27-16-26-22)31-17-25-15-28-31/h1-5,8-11,13,15-18H,6-7,12,14H2,(H,29,32). The Morgan fingerprint density at radius 3 is 2.67 bits per heavy atom. The number of ether oxygens (including phenoxy) is 1. The highest BCUT2D eigenvalue weighted by Gasteiger charge is 2.27. The summed E-state index contributed by atoms with van der Waals surface area (Å²) in [7, 11) is 0. The fourth-order valence-corrected chi connectivity index (χ4v) is 3.87. The van der Waals surface area contributed by atoms with E-state index >= 15 is 0 Å². The molecule has 1 unspecified atom stereocenters. The van der Waals surface area contributed by atoms with Crippen LogP contribution in [0.2, 0.25) is 0 Å². The molecule has 1 aliphatic heterocycles. The summed E-state index contributed by atoms with van der Waals surface area (Å²) in [4.78, 5) is 27.9. The first-order valence-electron chi connectivity index (χ1n) is 10.8. The Bertz CT molecular complexity index is 1210. The number of nitrogens with zero attached hydrogens (tertiary/aromatic N) is 6. The fourth-order valence-electron chi connectivity index (χ4n) is 3.87. The van der Waals surface area contributed by atoms with E-state index < -0.39 is 0 Å². The number of hydrogen-bond donors (Lipinski definition) is 1. The lowest BCUT2D eigenvalue weighted by molar-refractivity contribution is -0.120. The molecular formula is C24H23N7O2. The number of para-hydroxylation sites is 3. The number of anilines is 2. The number of carbonyl (C=O) groups excluding carboxylic acids is 1. The van der Waals surface area contributed by atoms with Gasteiger partial charge in [-0.1, -0.05) is 30.3 Å². The normalized spacial score (nSPS) is 15.8. The fraction of sp³-hybridized carbons (Fsp3) is 0.208. The molecule has 0 spiro atoms. The summed E-state index contributed by atoms with van der Waals surface area (Å²) < 4.78 is 7.57. The minimum absolute atomic E-state index is 0.0330.